The lowest BCUT2D eigenvalue weighted by molar-refractivity contribution is -0.129. The van der Waals surface area contributed by atoms with Crippen LogP contribution < -0.4 is 9.21 Å². The standard InChI is InChI=1S/C24H33N3O3S/c1-17-14-19(3)24(20(4)15-17)27(31(6,29)30)16-23(28)26-12-10-25(11-13-26)22-9-7-8-18(2)21(22)5/h7-9,14-15H,10-13,16H2,1-6H3. The van der Waals surface area contributed by atoms with Gasteiger partial charge in [-0.1, -0.05) is 29.8 Å². The zero-order valence-electron chi connectivity index (χ0n) is 19.4. The van der Waals surface area contributed by atoms with Crippen molar-refractivity contribution in [3.05, 3.63) is 58.1 Å². The Kier molecular flexibility index (Phi) is 6.65. The molecule has 0 atom stereocenters. The maximum atomic E-state index is 13.1. The van der Waals surface area contributed by atoms with Gasteiger partial charge in [0.25, 0.3) is 0 Å². The quantitative estimate of drug-likeness (QED) is 0.711. The smallest absolute Gasteiger partial charge is 0.243 e. The first-order valence-electron chi connectivity index (χ1n) is 10.6. The lowest BCUT2D eigenvalue weighted by atomic mass is 10.1. The molecule has 0 aliphatic carbocycles. The van der Waals surface area contributed by atoms with Gasteiger partial charge in [0.15, 0.2) is 0 Å². The van der Waals surface area contributed by atoms with E-state index in [1.807, 2.05) is 32.9 Å². The van der Waals surface area contributed by atoms with E-state index in [1.165, 1.54) is 21.1 Å². The van der Waals surface area contributed by atoms with Crippen molar-refractivity contribution in [3.63, 3.8) is 0 Å². The van der Waals surface area contributed by atoms with Crippen molar-refractivity contribution in [2.75, 3.05) is 48.2 Å². The summed E-state index contributed by atoms with van der Waals surface area (Å²) in [5, 5.41) is 0. The van der Waals surface area contributed by atoms with E-state index in [4.69, 9.17) is 0 Å². The zero-order valence-corrected chi connectivity index (χ0v) is 20.2. The number of amides is 1. The molecule has 1 amide bonds. The molecule has 1 fully saturated rings. The first-order valence-corrected chi connectivity index (χ1v) is 12.5. The molecule has 168 valence electrons. The first kappa shape index (κ1) is 23.1. The number of benzene rings is 2. The summed E-state index contributed by atoms with van der Waals surface area (Å²) in [5.74, 6) is -0.162. The van der Waals surface area contributed by atoms with E-state index in [0.29, 0.717) is 18.8 Å². The summed E-state index contributed by atoms with van der Waals surface area (Å²) < 4.78 is 26.4. The van der Waals surface area contributed by atoms with Gasteiger partial charge in [-0.25, -0.2) is 8.42 Å². The average Bonchev–Trinajstić information content (AvgIpc) is 2.68. The van der Waals surface area contributed by atoms with Gasteiger partial charge in [0.05, 0.1) is 11.9 Å². The van der Waals surface area contributed by atoms with Gasteiger partial charge in [-0.15, -0.1) is 0 Å². The number of sulfonamides is 1. The first-order chi connectivity index (χ1) is 14.5. The number of rotatable bonds is 5. The molecule has 1 saturated heterocycles. The van der Waals surface area contributed by atoms with Crippen molar-refractivity contribution in [1.82, 2.24) is 4.90 Å². The van der Waals surface area contributed by atoms with Crippen molar-refractivity contribution >= 4 is 27.3 Å². The van der Waals surface area contributed by atoms with Crippen LogP contribution in [0.25, 0.3) is 0 Å². The van der Waals surface area contributed by atoms with Crippen molar-refractivity contribution in [1.29, 1.82) is 0 Å². The fraction of sp³-hybridized carbons (Fsp3) is 0.458. The lowest BCUT2D eigenvalue weighted by Gasteiger charge is -2.38. The summed E-state index contributed by atoms with van der Waals surface area (Å²) in [6.07, 6.45) is 1.16. The SMILES string of the molecule is Cc1cc(C)c(N(CC(=O)N2CCN(c3cccc(C)c3C)CC2)S(C)(=O)=O)c(C)c1. The highest BCUT2D eigenvalue weighted by Crippen LogP contribution is 2.29. The second kappa shape index (κ2) is 8.91. The third kappa shape index (κ3) is 5.03. The molecule has 3 rings (SSSR count). The van der Waals surface area contributed by atoms with Crippen molar-refractivity contribution in [3.8, 4) is 0 Å². The number of piperazine rings is 1. The molecular weight excluding hydrogens is 410 g/mol. The summed E-state index contributed by atoms with van der Waals surface area (Å²) >= 11 is 0. The summed E-state index contributed by atoms with van der Waals surface area (Å²) in [6.45, 7) is 12.4. The van der Waals surface area contributed by atoms with E-state index in [0.717, 1.165) is 36.0 Å². The van der Waals surface area contributed by atoms with Crippen molar-refractivity contribution in [2.24, 2.45) is 0 Å². The van der Waals surface area contributed by atoms with Crippen LogP contribution in [0.2, 0.25) is 0 Å². The molecular formula is C24H33N3O3S. The van der Waals surface area contributed by atoms with E-state index >= 15 is 0 Å². The molecule has 1 heterocycles. The molecule has 0 unspecified atom stereocenters. The second-order valence-corrected chi connectivity index (χ2v) is 10.5. The molecule has 6 nitrogen and oxygen atoms in total. The van der Waals surface area contributed by atoms with Gasteiger partial charge in [0, 0.05) is 31.9 Å². The number of anilines is 2. The Morgan fingerprint density at radius 2 is 1.52 bits per heavy atom. The molecule has 1 aliphatic rings. The van der Waals surface area contributed by atoms with Gasteiger partial charge in [-0.2, -0.15) is 0 Å². The highest BCUT2D eigenvalue weighted by atomic mass is 32.2. The molecule has 0 aromatic heterocycles. The van der Waals surface area contributed by atoms with Crippen LogP contribution in [0.15, 0.2) is 30.3 Å². The molecule has 0 radical (unpaired) electrons. The summed E-state index contributed by atoms with van der Waals surface area (Å²) in [4.78, 5) is 17.2. The van der Waals surface area contributed by atoms with Crippen LogP contribution in [0.5, 0.6) is 0 Å². The van der Waals surface area contributed by atoms with Crippen LogP contribution in [0.1, 0.15) is 27.8 Å². The summed E-state index contributed by atoms with van der Waals surface area (Å²) in [7, 11) is -3.60. The predicted octanol–water partition coefficient (Wildman–Crippen LogP) is 3.34. The van der Waals surface area contributed by atoms with E-state index in [-0.39, 0.29) is 12.5 Å². The fourth-order valence-electron chi connectivity index (χ4n) is 4.43. The third-order valence-electron chi connectivity index (χ3n) is 6.11. The molecule has 0 saturated carbocycles. The van der Waals surface area contributed by atoms with Gasteiger partial charge in [-0.3, -0.25) is 9.10 Å². The number of nitrogens with zero attached hydrogens (tertiary/aromatic N) is 3. The third-order valence-corrected chi connectivity index (χ3v) is 7.23. The predicted molar refractivity (Wildman–Crippen MR) is 128 cm³/mol. The van der Waals surface area contributed by atoms with Crippen molar-refractivity contribution in [2.45, 2.75) is 34.6 Å². The number of hydrogen-bond donors (Lipinski definition) is 0. The van der Waals surface area contributed by atoms with Gasteiger partial charge < -0.3 is 9.80 Å². The minimum absolute atomic E-state index is 0.162. The Morgan fingerprint density at radius 1 is 0.935 bits per heavy atom. The van der Waals surface area contributed by atoms with Crippen LogP contribution >= 0.6 is 0 Å². The minimum Gasteiger partial charge on any atom is -0.368 e. The highest BCUT2D eigenvalue weighted by Gasteiger charge is 2.28. The topological polar surface area (TPSA) is 60.9 Å². The molecule has 2 aromatic carbocycles. The highest BCUT2D eigenvalue weighted by molar-refractivity contribution is 7.92. The van der Waals surface area contributed by atoms with Crippen LogP contribution in [-0.2, 0) is 14.8 Å². The van der Waals surface area contributed by atoms with E-state index in [2.05, 4.69) is 36.9 Å². The van der Waals surface area contributed by atoms with Crippen LogP contribution in [0, 0.1) is 34.6 Å². The zero-order chi connectivity index (χ0) is 22.9. The molecule has 31 heavy (non-hydrogen) atoms. The van der Waals surface area contributed by atoms with Crippen LogP contribution in [-0.4, -0.2) is 58.2 Å². The maximum absolute atomic E-state index is 13.1. The monoisotopic (exact) mass is 443 g/mol. The molecule has 1 aliphatic heterocycles. The van der Waals surface area contributed by atoms with Gasteiger partial charge in [-0.05, 0) is 62.9 Å². The van der Waals surface area contributed by atoms with Gasteiger partial charge in [0.1, 0.15) is 6.54 Å². The Morgan fingerprint density at radius 3 is 2.06 bits per heavy atom. The van der Waals surface area contributed by atoms with Gasteiger partial charge >= 0.3 is 0 Å². The van der Waals surface area contributed by atoms with E-state index in [1.54, 1.807) is 4.90 Å². The minimum atomic E-state index is -3.60. The van der Waals surface area contributed by atoms with E-state index < -0.39 is 10.0 Å². The number of aryl methyl sites for hydroxylation is 4. The normalized spacial score (nSPS) is 14.6. The van der Waals surface area contributed by atoms with Gasteiger partial charge in [0.2, 0.25) is 15.9 Å². The van der Waals surface area contributed by atoms with Crippen molar-refractivity contribution < 1.29 is 13.2 Å². The number of hydrogen-bond acceptors (Lipinski definition) is 4. The molecule has 0 bridgehead atoms. The summed E-state index contributed by atoms with van der Waals surface area (Å²) in [6, 6.07) is 10.2. The molecule has 2 aromatic rings. The number of carbonyl (C=O) groups excluding carboxylic acids is 1. The lowest BCUT2D eigenvalue weighted by Crippen LogP contribution is -2.52. The Labute approximate surface area is 186 Å². The Balaban J connectivity index is 1.75. The van der Waals surface area contributed by atoms with Crippen LogP contribution in [0.3, 0.4) is 0 Å². The summed E-state index contributed by atoms with van der Waals surface area (Å²) in [5.41, 5.74) is 7.11. The largest absolute Gasteiger partial charge is 0.368 e. The fourth-order valence-corrected chi connectivity index (χ4v) is 5.39. The Hall–Kier alpha value is -2.54. The van der Waals surface area contributed by atoms with E-state index in [9.17, 15) is 13.2 Å². The Bertz CT molecular complexity index is 1060. The second-order valence-electron chi connectivity index (χ2n) is 8.60. The van der Waals surface area contributed by atoms with Crippen LogP contribution in [0.4, 0.5) is 11.4 Å². The average molecular weight is 444 g/mol. The number of carbonyl (C=O) groups is 1. The maximum Gasteiger partial charge on any atom is 0.243 e. The molecule has 7 heteroatoms. The molecule has 0 N–H and O–H groups in total. The molecule has 0 spiro atoms.